The van der Waals surface area contributed by atoms with E-state index >= 15 is 0 Å². The highest BCUT2D eigenvalue weighted by molar-refractivity contribution is 7.89. The normalized spacial score (nSPS) is 15.7. The number of rotatable bonds is 5. The number of nitrogens with one attached hydrogen (secondary N) is 2. The molecule has 8 nitrogen and oxygen atoms in total. The molecular weight excluding hydrogens is 368 g/mol. The van der Waals surface area contributed by atoms with Gasteiger partial charge < -0.3 is 4.74 Å². The molecule has 1 aromatic carbocycles. The highest BCUT2D eigenvalue weighted by Gasteiger charge is 2.26. The fourth-order valence-corrected chi connectivity index (χ4v) is 4.04. The molecule has 0 saturated heterocycles. The van der Waals surface area contributed by atoms with Crippen LogP contribution in [0.2, 0.25) is 0 Å². The van der Waals surface area contributed by atoms with Gasteiger partial charge in [-0.2, -0.15) is 5.10 Å². The molecule has 1 aliphatic rings. The summed E-state index contributed by atoms with van der Waals surface area (Å²) in [4.78, 5) is 14.3. The number of fused-ring (bicyclic) bond motifs is 1. The monoisotopic (exact) mass is 392 g/mol. The average Bonchev–Trinajstić information content (AvgIpc) is 2.93. The first-order valence-corrected chi connectivity index (χ1v) is 10.2. The Labute approximate surface area is 158 Å². The smallest absolute Gasteiger partial charge is 0.260 e. The van der Waals surface area contributed by atoms with Gasteiger partial charge in [0.25, 0.3) is 10.0 Å². The summed E-state index contributed by atoms with van der Waals surface area (Å²) in [5.74, 6) is 0.389. The van der Waals surface area contributed by atoms with Crippen LogP contribution in [-0.2, 0) is 34.7 Å². The Morgan fingerprint density at radius 2 is 2.11 bits per heavy atom. The molecule has 27 heavy (non-hydrogen) atoms. The molecule has 146 valence electrons. The Bertz CT molecular complexity index is 979. The van der Waals surface area contributed by atoms with E-state index in [-0.39, 0.29) is 16.9 Å². The first-order chi connectivity index (χ1) is 12.6. The molecule has 0 aliphatic carbocycles. The molecule has 1 aromatic heterocycles. The van der Waals surface area contributed by atoms with Gasteiger partial charge in [0.2, 0.25) is 5.91 Å². The van der Waals surface area contributed by atoms with Crippen molar-refractivity contribution in [1.82, 2.24) is 20.0 Å². The molecule has 2 aromatic rings. The molecule has 1 aliphatic heterocycles. The zero-order valence-electron chi connectivity index (χ0n) is 15.9. The third kappa shape index (κ3) is 4.30. The van der Waals surface area contributed by atoms with Crippen LogP contribution >= 0.6 is 0 Å². The van der Waals surface area contributed by atoms with E-state index in [1.54, 1.807) is 14.0 Å². The quantitative estimate of drug-likeness (QED) is 0.749. The van der Waals surface area contributed by atoms with Crippen LogP contribution in [0, 0.1) is 6.92 Å². The first-order valence-electron chi connectivity index (χ1n) is 8.67. The van der Waals surface area contributed by atoms with Crippen LogP contribution in [0.15, 0.2) is 29.3 Å². The number of amides is 1. The average molecular weight is 392 g/mol. The number of carbonyl (C=O) groups excluding carboxylic acids is 1. The number of hydrogen-bond acceptors (Lipinski definition) is 5. The number of aryl methyl sites for hydroxylation is 2. The maximum absolute atomic E-state index is 12.3. The Balaban J connectivity index is 1.62. The lowest BCUT2D eigenvalue weighted by atomic mass is 9.93. The molecule has 3 rings (SSSR count). The number of nitrogens with zero attached hydrogens (tertiary/aromatic N) is 2. The van der Waals surface area contributed by atoms with E-state index in [1.165, 1.54) is 10.9 Å². The molecule has 0 unspecified atom stereocenters. The Morgan fingerprint density at radius 3 is 2.78 bits per heavy atom. The number of sulfonamides is 1. The zero-order valence-corrected chi connectivity index (χ0v) is 16.7. The van der Waals surface area contributed by atoms with E-state index in [0.29, 0.717) is 5.69 Å². The number of hydrazine groups is 1. The van der Waals surface area contributed by atoms with Crippen molar-refractivity contribution in [3.8, 4) is 5.75 Å². The van der Waals surface area contributed by atoms with Crippen LogP contribution in [0.25, 0.3) is 0 Å². The fourth-order valence-electron chi connectivity index (χ4n) is 2.97. The van der Waals surface area contributed by atoms with Crippen LogP contribution in [0.3, 0.4) is 0 Å². The van der Waals surface area contributed by atoms with Gasteiger partial charge in [0.1, 0.15) is 16.2 Å². The highest BCUT2D eigenvalue weighted by atomic mass is 32.2. The topological polar surface area (TPSA) is 102 Å². The molecule has 2 heterocycles. The number of aromatic nitrogens is 2. The minimum absolute atomic E-state index is 0.0267. The van der Waals surface area contributed by atoms with Crippen molar-refractivity contribution < 1.29 is 17.9 Å². The number of ether oxygens (including phenoxy) is 1. The largest absolute Gasteiger partial charge is 0.488 e. The lowest BCUT2D eigenvalue weighted by molar-refractivity contribution is -0.120. The van der Waals surface area contributed by atoms with Crippen molar-refractivity contribution in [2.45, 2.75) is 50.5 Å². The summed E-state index contributed by atoms with van der Waals surface area (Å²) in [5.41, 5.74) is 4.41. The summed E-state index contributed by atoms with van der Waals surface area (Å²) < 4.78 is 31.9. The maximum Gasteiger partial charge on any atom is 0.260 e. The third-order valence-electron chi connectivity index (χ3n) is 4.68. The molecule has 0 spiro atoms. The highest BCUT2D eigenvalue weighted by Crippen LogP contribution is 2.33. The predicted molar refractivity (Wildman–Crippen MR) is 99.6 cm³/mol. The van der Waals surface area contributed by atoms with Crippen molar-refractivity contribution in [2.75, 3.05) is 0 Å². The molecule has 0 bridgehead atoms. The molecule has 0 atom stereocenters. The summed E-state index contributed by atoms with van der Waals surface area (Å²) in [6, 6.07) is 5.62. The van der Waals surface area contributed by atoms with Crippen molar-refractivity contribution in [2.24, 2.45) is 7.05 Å². The lowest BCUT2D eigenvalue weighted by Crippen LogP contribution is -2.42. The van der Waals surface area contributed by atoms with Gasteiger partial charge in [0.15, 0.2) is 0 Å². The second-order valence-corrected chi connectivity index (χ2v) is 9.00. The second kappa shape index (κ2) is 6.97. The Kier molecular flexibility index (Phi) is 5.00. The molecule has 0 radical (unpaired) electrons. The van der Waals surface area contributed by atoms with E-state index in [9.17, 15) is 13.2 Å². The van der Waals surface area contributed by atoms with E-state index in [2.05, 4.69) is 15.4 Å². The molecule has 1 amide bonds. The lowest BCUT2D eigenvalue weighted by Gasteiger charge is -2.32. The first kappa shape index (κ1) is 19.4. The fraction of sp³-hybridized carbons (Fsp3) is 0.444. The maximum atomic E-state index is 12.3. The van der Waals surface area contributed by atoms with Crippen molar-refractivity contribution in [1.29, 1.82) is 0 Å². The van der Waals surface area contributed by atoms with Gasteiger partial charge in [0, 0.05) is 7.05 Å². The molecular formula is C18H24N4O4S. The van der Waals surface area contributed by atoms with Gasteiger partial charge in [-0.1, -0.05) is 12.1 Å². The van der Waals surface area contributed by atoms with Gasteiger partial charge in [-0.05, 0) is 50.8 Å². The molecule has 0 saturated carbocycles. The van der Waals surface area contributed by atoms with Gasteiger partial charge in [-0.3, -0.25) is 14.9 Å². The van der Waals surface area contributed by atoms with Crippen LogP contribution < -0.4 is 15.0 Å². The van der Waals surface area contributed by atoms with E-state index in [4.69, 9.17) is 4.74 Å². The summed E-state index contributed by atoms with van der Waals surface area (Å²) in [6.45, 7) is 5.74. The van der Waals surface area contributed by atoms with Gasteiger partial charge in [-0.15, -0.1) is 4.83 Å². The van der Waals surface area contributed by atoms with Crippen molar-refractivity contribution in [3.05, 3.63) is 41.2 Å². The van der Waals surface area contributed by atoms with Crippen LogP contribution in [0.1, 0.15) is 37.1 Å². The van der Waals surface area contributed by atoms with Gasteiger partial charge >= 0.3 is 0 Å². The number of hydrogen-bond donors (Lipinski definition) is 2. The summed E-state index contributed by atoms with van der Waals surface area (Å²) in [5, 5.41) is 3.90. The SMILES string of the molecule is Cc1c(S(=O)(=O)NNC(=O)Cc2ccc3c(c2)CCC(C)(C)O3)cnn1C. The summed E-state index contributed by atoms with van der Waals surface area (Å²) in [7, 11) is -2.22. The minimum atomic E-state index is -3.87. The van der Waals surface area contributed by atoms with E-state index in [0.717, 1.165) is 29.7 Å². The summed E-state index contributed by atoms with van der Waals surface area (Å²) >= 11 is 0. The number of benzene rings is 1. The van der Waals surface area contributed by atoms with Gasteiger partial charge in [-0.25, -0.2) is 8.42 Å². The molecule has 2 N–H and O–H groups in total. The van der Waals surface area contributed by atoms with E-state index in [1.807, 2.05) is 32.0 Å². The standard InChI is InChI=1S/C18H24N4O4S/c1-12-16(11-19-22(12)4)27(24,25)21-20-17(23)10-13-5-6-15-14(9-13)7-8-18(2,3)26-15/h5-6,9,11,21H,7-8,10H2,1-4H3,(H,20,23). The van der Waals surface area contributed by atoms with Crippen LogP contribution in [-0.4, -0.2) is 29.7 Å². The van der Waals surface area contributed by atoms with Crippen molar-refractivity contribution >= 4 is 15.9 Å². The zero-order chi connectivity index (χ0) is 19.8. The van der Waals surface area contributed by atoms with Crippen molar-refractivity contribution in [3.63, 3.8) is 0 Å². The predicted octanol–water partition coefficient (Wildman–Crippen LogP) is 1.38. The van der Waals surface area contributed by atoms with E-state index < -0.39 is 15.9 Å². The molecule has 9 heteroatoms. The number of carbonyl (C=O) groups is 1. The molecule has 0 fully saturated rings. The van der Waals surface area contributed by atoms with Crippen LogP contribution in [0.4, 0.5) is 0 Å². The third-order valence-corrected chi connectivity index (χ3v) is 6.03. The minimum Gasteiger partial charge on any atom is -0.488 e. The Morgan fingerprint density at radius 1 is 1.37 bits per heavy atom. The second-order valence-electron chi connectivity index (χ2n) is 7.35. The van der Waals surface area contributed by atoms with Gasteiger partial charge in [0.05, 0.1) is 18.3 Å². The Hall–Kier alpha value is -2.39. The van der Waals surface area contributed by atoms with Crippen LogP contribution in [0.5, 0.6) is 5.75 Å². The summed E-state index contributed by atoms with van der Waals surface area (Å²) in [6.07, 6.45) is 3.09.